The summed E-state index contributed by atoms with van der Waals surface area (Å²) < 4.78 is 3.45. The van der Waals surface area contributed by atoms with Crippen LogP contribution in [0.3, 0.4) is 0 Å². The molecule has 6 heteroatoms. The van der Waals surface area contributed by atoms with Crippen LogP contribution in [-0.2, 0) is 11.8 Å². The van der Waals surface area contributed by atoms with Crippen LogP contribution in [0.5, 0.6) is 0 Å². The Labute approximate surface area is 127 Å². The molecule has 0 spiro atoms. The van der Waals surface area contributed by atoms with E-state index in [9.17, 15) is 4.79 Å². The molecule has 0 aliphatic carbocycles. The predicted octanol–water partition coefficient (Wildman–Crippen LogP) is 3.60. The van der Waals surface area contributed by atoms with Gasteiger partial charge in [0.1, 0.15) is 0 Å². The lowest BCUT2D eigenvalue weighted by Gasteiger charge is -2.05. The molecule has 0 unspecified atom stereocenters. The second-order valence-corrected chi connectivity index (χ2v) is 5.66. The molecule has 0 radical (unpaired) electrons. The predicted molar refractivity (Wildman–Crippen MR) is 82.7 cm³/mol. The number of amides is 1. The molecule has 0 fully saturated rings. The van der Waals surface area contributed by atoms with E-state index in [4.69, 9.17) is 0 Å². The van der Waals surface area contributed by atoms with Crippen molar-refractivity contribution in [1.82, 2.24) is 9.78 Å². The summed E-state index contributed by atoms with van der Waals surface area (Å²) in [4.78, 5) is 11.8. The molecule has 1 N–H and O–H groups in total. The summed E-state index contributed by atoms with van der Waals surface area (Å²) in [7, 11) is 1.83. The first-order chi connectivity index (χ1) is 9.04. The zero-order chi connectivity index (χ0) is 13.8. The fourth-order valence-corrected chi connectivity index (χ4v) is 2.61. The Hall–Kier alpha value is -1.40. The molecule has 98 valence electrons. The van der Waals surface area contributed by atoms with Crippen molar-refractivity contribution < 1.29 is 4.79 Å². The summed E-state index contributed by atoms with van der Waals surface area (Å²) in [5, 5.41) is 6.82. The third kappa shape index (κ3) is 4.04. The third-order valence-electron chi connectivity index (χ3n) is 2.34. The van der Waals surface area contributed by atoms with Crippen molar-refractivity contribution in [2.45, 2.75) is 0 Å². The maximum absolute atomic E-state index is 11.8. The fourth-order valence-electron chi connectivity index (χ4n) is 1.46. The Morgan fingerprint density at radius 1 is 1.42 bits per heavy atom. The van der Waals surface area contributed by atoms with E-state index < -0.39 is 0 Å². The summed E-state index contributed by atoms with van der Waals surface area (Å²) in [5.74, 6) is -0.188. The monoisotopic (exact) mass is 383 g/mol. The third-order valence-corrected chi connectivity index (χ3v) is 3.49. The highest BCUT2D eigenvalue weighted by molar-refractivity contribution is 9.11. The number of halogens is 2. The van der Waals surface area contributed by atoms with Crippen molar-refractivity contribution in [2.75, 3.05) is 5.32 Å². The van der Waals surface area contributed by atoms with Gasteiger partial charge < -0.3 is 5.32 Å². The first kappa shape index (κ1) is 14.0. The van der Waals surface area contributed by atoms with Gasteiger partial charge >= 0.3 is 0 Å². The highest BCUT2D eigenvalue weighted by Gasteiger charge is 2.03. The summed E-state index contributed by atoms with van der Waals surface area (Å²) in [6.07, 6.45) is 6.72. The summed E-state index contributed by atoms with van der Waals surface area (Å²) in [6.45, 7) is 0. The molecule has 0 aliphatic heterocycles. The van der Waals surface area contributed by atoms with Crippen molar-refractivity contribution in [3.05, 3.63) is 51.2 Å². The topological polar surface area (TPSA) is 46.9 Å². The van der Waals surface area contributed by atoms with Gasteiger partial charge in [-0.1, -0.05) is 15.9 Å². The zero-order valence-electron chi connectivity index (χ0n) is 10.1. The molecule has 0 saturated carbocycles. The average molecular weight is 385 g/mol. The molecule has 1 amide bonds. The molecule has 0 atom stereocenters. The molecule has 19 heavy (non-hydrogen) atoms. The number of carbonyl (C=O) groups excluding carboxylic acids is 1. The first-order valence-electron chi connectivity index (χ1n) is 5.47. The van der Waals surface area contributed by atoms with Crippen molar-refractivity contribution in [1.29, 1.82) is 0 Å². The quantitative estimate of drug-likeness (QED) is 0.822. The van der Waals surface area contributed by atoms with Gasteiger partial charge in [-0.3, -0.25) is 9.48 Å². The van der Waals surface area contributed by atoms with Gasteiger partial charge in [0.2, 0.25) is 5.91 Å². The summed E-state index contributed by atoms with van der Waals surface area (Å²) in [6, 6.07) is 5.57. The molecular weight excluding hydrogens is 374 g/mol. The van der Waals surface area contributed by atoms with E-state index in [0.717, 1.165) is 20.2 Å². The summed E-state index contributed by atoms with van der Waals surface area (Å²) in [5.41, 5.74) is 1.61. The molecule has 0 aliphatic rings. The maximum atomic E-state index is 11.8. The molecule has 4 nitrogen and oxygen atoms in total. The van der Waals surface area contributed by atoms with Crippen molar-refractivity contribution >= 4 is 49.5 Å². The van der Waals surface area contributed by atoms with Crippen molar-refractivity contribution in [3.8, 4) is 0 Å². The van der Waals surface area contributed by atoms with Crippen LogP contribution >= 0.6 is 31.9 Å². The van der Waals surface area contributed by atoms with Crippen LogP contribution in [0.4, 0.5) is 5.69 Å². The van der Waals surface area contributed by atoms with Gasteiger partial charge in [-0.05, 0) is 40.2 Å². The first-order valence-corrected chi connectivity index (χ1v) is 7.06. The summed E-state index contributed by atoms with van der Waals surface area (Å²) >= 11 is 6.75. The second kappa shape index (κ2) is 6.16. The molecule has 2 aromatic rings. The maximum Gasteiger partial charge on any atom is 0.248 e. The Morgan fingerprint density at radius 3 is 2.84 bits per heavy atom. The minimum Gasteiger partial charge on any atom is -0.321 e. The molecule has 0 bridgehead atoms. The van der Waals surface area contributed by atoms with Gasteiger partial charge in [-0.2, -0.15) is 5.10 Å². The number of aromatic nitrogens is 2. The number of carbonyl (C=O) groups is 1. The smallest absolute Gasteiger partial charge is 0.248 e. The van der Waals surface area contributed by atoms with Crippen molar-refractivity contribution in [2.24, 2.45) is 7.05 Å². The lowest BCUT2D eigenvalue weighted by molar-refractivity contribution is -0.111. The largest absolute Gasteiger partial charge is 0.321 e. The number of rotatable bonds is 3. The van der Waals surface area contributed by atoms with Crippen LogP contribution in [0.1, 0.15) is 5.56 Å². The zero-order valence-corrected chi connectivity index (χ0v) is 13.3. The van der Waals surface area contributed by atoms with E-state index in [1.807, 2.05) is 31.4 Å². The van der Waals surface area contributed by atoms with Gasteiger partial charge in [-0.15, -0.1) is 0 Å². The van der Waals surface area contributed by atoms with Gasteiger partial charge in [0.25, 0.3) is 0 Å². The van der Waals surface area contributed by atoms with Crippen LogP contribution in [0.15, 0.2) is 45.6 Å². The highest BCUT2D eigenvalue weighted by atomic mass is 79.9. The van der Waals surface area contributed by atoms with Crippen LogP contribution in [0.25, 0.3) is 6.08 Å². The average Bonchev–Trinajstić information content (AvgIpc) is 2.76. The van der Waals surface area contributed by atoms with E-state index in [2.05, 4.69) is 42.3 Å². The minimum atomic E-state index is -0.188. The van der Waals surface area contributed by atoms with Gasteiger partial charge in [0.05, 0.1) is 11.9 Å². The van der Waals surface area contributed by atoms with Gasteiger partial charge in [0, 0.05) is 33.8 Å². The molecule has 1 aromatic heterocycles. The Kier molecular flexibility index (Phi) is 4.55. The van der Waals surface area contributed by atoms with Crippen LogP contribution in [-0.4, -0.2) is 15.7 Å². The SMILES string of the molecule is Cn1cc(/C=C/C(=O)Nc2ccc(Br)cc2Br)cn1. The number of aryl methyl sites for hydroxylation is 1. The minimum absolute atomic E-state index is 0.188. The van der Waals surface area contributed by atoms with E-state index in [-0.39, 0.29) is 5.91 Å². The van der Waals surface area contributed by atoms with Gasteiger partial charge in [0.15, 0.2) is 0 Å². The molecule has 1 heterocycles. The van der Waals surface area contributed by atoms with E-state index in [1.54, 1.807) is 17.0 Å². The number of hydrogen-bond donors (Lipinski definition) is 1. The molecule has 0 saturated heterocycles. The number of benzene rings is 1. The van der Waals surface area contributed by atoms with E-state index >= 15 is 0 Å². The van der Waals surface area contributed by atoms with Crippen LogP contribution < -0.4 is 5.32 Å². The van der Waals surface area contributed by atoms with Crippen LogP contribution in [0, 0.1) is 0 Å². The molecule has 1 aromatic carbocycles. The van der Waals surface area contributed by atoms with Gasteiger partial charge in [-0.25, -0.2) is 0 Å². The normalized spacial score (nSPS) is 10.9. The Bertz CT molecular complexity index is 635. The standard InChI is InChI=1S/C13H11Br2N3O/c1-18-8-9(7-16-18)2-5-13(19)17-12-4-3-10(14)6-11(12)15/h2-8H,1H3,(H,17,19)/b5-2+. The Morgan fingerprint density at radius 2 is 2.21 bits per heavy atom. The molecule has 2 rings (SSSR count). The van der Waals surface area contributed by atoms with Crippen molar-refractivity contribution in [3.63, 3.8) is 0 Å². The number of hydrogen-bond acceptors (Lipinski definition) is 2. The second-order valence-electron chi connectivity index (χ2n) is 3.89. The van der Waals surface area contributed by atoms with E-state index in [1.165, 1.54) is 6.08 Å². The number of nitrogens with zero attached hydrogens (tertiary/aromatic N) is 2. The fraction of sp³-hybridized carbons (Fsp3) is 0.0769. The number of nitrogens with one attached hydrogen (secondary N) is 1. The highest BCUT2D eigenvalue weighted by Crippen LogP contribution is 2.26. The van der Waals surface area contributed by atoms with E-state index in [0.29, 0.717) is 0 Å². The Balaban J connectivity index is 2.03. The molecular formula is C13H11Br2N3O. The lowest BCUT2D eigenvalue weighted by Crippen LogP contribution is -2.08. The van der Waals surface area contributed by atoms with Crippen LogP contribution in [0.2, 0.25) is 0 Å². The number of anilines is 1. The lowest BCUT2D eigenvalue weighted by atomic mass is 10.3.